The van der Waals surface area contributed by atoms with Crippen LogP contribution in [0.2, 0.25) is 0 Å². The van der Waals surface area contributed by atoms with Crippen molar-refractivity contribution in [2.75, 3.05) is 19.6 Å². The third-order valence-electron chi connectivity index (χ3n) is 3.58. The summed E-state index contributed by atoms with van der Waals surface area (Å²) in [6.45, 7) is 2.92. The smallest absolute Gasteiger partial charge is 0.187 e. The first-order valence-electron chi connectivity index (χ1n) is 6.50. The minimum absolute atomic E-state index is 0.104. The third kappa shape index (κ3) is 2.59. The van der Waals surface area contributed by atoms with Crippen LogP contribution in [0.5, 0.6) is 0 Å². The summed E-state index contributed by atoms with van der Waals surface area (Å²) >= 11 is 3.50. The lowest BCUT2D eigenvalue weighted by Gasteiger charge is -2.23. The first-order chi connectivity index (χ1) is 8.83. The Morgan fingerprint density at radius 2 is 2.11 bits per heavy atom. The van der Waals surface area contributed by atoms with E-state index in [9.17, 15) is 0 Å². The molecule has 0 saturated carbocycles. The lowest BCUT2D eigenvalue weighted by Crippen LogP contribution is -2.32. The topological polar surface area (TPSA) is 33.6 Å². The summed E-state index contributed by atoms with van der Waals surface area (Å²) in [4.78, 5) is 4.60. The highest BCUT2D eigenvalue weighted by Gasteiger charge is 2.28. The molecule has 1 unspecified atom stereocenters. The van der Waals surface area contributed by atoms with E-state index in [4.69, 9.17) is 4.74 Å². The van der Waals surface area contributed by atoms with E-state index in [0.717, 1.165) is 42.8 Å². The van der Waals surface area contributed by atoms with Gasteiger partial charge in [0, 0.05) is 10.4 Å². The van der Waals surface area contributed by atoms with Gasteiger partial charge in [-0.25, -0.2) is 0 Å². The van der Waals surface area contributed by atoms with Crippen LogP contribution in [-0.4, -0.2) is 25.5 Å². The van der Waals surface area contributed by atoms with Crippen LogP contribution >= 0.6 is 15.9 Å². The summed E-state index contributed by atoms with van der Waals surface area (Å²) in [5.41, 5.74) is 1.21. The Morgan fingerprint density at radius 1 is 1.28 bits per heavy atom. The minimum Gasteiger partial charge on any atom is -0.471 e. The zero-order valence-electron chi connectivity index (χ0n) is 10.2. The van der Waals surface area contributed by atoms with Gasteiger partial charge in [0.15, 0.2) is 5.90 Å². The van der Waals surface area contributed by atoms with Crippen molar-refractivity contribution in [1.82, 2.24) is 5.32 Å². The fourth-order valence-electron chi connectivity index (χ4n) is 2.57. The van der Waals surface area contributed by atoms with Gasteiger partial charge in [-0.15, -0.1) is 0 Å². The average molecular weight is 309 g/mol. The van der Waals surface area contributed by atoms with Crippen LogP contribution in [0.3, 0.4) is 0 Å². The number of piperidine rings is 1. The molecule has 0 bridgehead atoms. The SMILES string of the molecule is Brc1cccc(C2CN=C(C3CCNCC3)O2)c1. The van der Waals surface area contributed by atoms with Gasteiger partial charge in [-0.2, -0.15) is 0 Å². The van der Waals surface area contributed by atoms with E-state index in [1.54, 1.807) is 0 Å². The number of nitrogens with zero attached hydrogens (tertiary/aromatic N) is 1. The van der Waals surface area contributed by atoms with Gasteiger partial charge in [0.1, 0.15) is 6.10 Å². The zero-order chi connectivity index (χ0) is 12.4. The van der Waals surface area contributed by atoms with Gasteiger partial charge in [-0.3, -0.25) is 4.99 Å². The highest BCUT2D eigenvalue weighted by Crippen LogP contribution is 2.29. The van der Waals surface area contributed by atoms with Gasteiger partial charge in [0.25, 0.3) is 0 Å². The molecule has 96 valence electrons. The molecule has 4 heteroatoms. The summed E-state index contributed by atoms with van der Waals surface area (Å²) < 4.78 is 7.14. The normalized spacial score (nSPS) is 24.7. The number of hydrogen-bond donors (Lipinski definition) is 1. The van der Waals surface area contributed by atoms with Crippen LogP contribution < -0.4 is 5.32 Å². The molecule has 1 aromatic rings. The molecule has 1 atom stereocenters. The minimum atomic E-state index is 0.104. The molecule has 2 heterocycles. The largest absolute Gasteiger partial charge is 0.471 e. The van der Waals surface area contributed by atoms with Crippen molar-refractivity contribution in [3.8, 4) is 0 Å². The van der Waals surface area contributed by atoms with E-state index in [0.29, 0.717) is 5.92 Å². The van der Waals surface area contributed by atoms with Crippen LogP contribution in [0, 0.1) is 5.92 Å². The number of nitrogens with one attached hydrogen (secondary N) is 1. The Labute approximate surface area is 116 Å². The van der Waals surface area contributed by atoms with Crippen molar-refractivity contribution in [3.63, 3.8) is 0 Å². The molecule has 1 N–H and O–H groups in total. The second-order valence-corrected chi connectivity index (χ2v) is 5.78. The highest BCUT2D eigenvalue weighted by molar-refractivity contribution is 9.10. The third-order valence-corrected chi connectivity index (χ3v) is 4.08. The molecule has 1 saturated heterocycles. The number of hydrogen-bond acceptors (Lipinski definition) is 3. The Balaban J connectivity index is 1.66. The van der Waals surface area contributed by atoms with E-state index in [1.165, 1.54) is 5.56 Å². The highest BCUT2D eigenvalue weighted by atomic mass is 79.9. The van der Waals surface area contributed by atoms with Crippen molar-refractivity contribution >= 4 is 21.8 Å². The van der Waals surface area contributed by atoms with Gasteiger partial charge in [0.05, 0.1) is 6.54 Å². The zero-order valence-corrected chi connectivity index (χ0v) is 11.8. The van der Waals surface area contributed by atoms with Crippen molar-refractivity contribution in [2.24, 2.45) is 10.9 Å². The second kappa shape index (κ2) is 5.41. The Hall–Kier alpha value is -0.870. The number of rotatable bonds is 2. The molecule has 1 aromatic carbocycles. The maximum absolute atomic E-state index is 6.04. The predicted octanol–water partition coefficient (Wildman–Crippen LogP) is 2.92. The van der Waals surface area contributed by atoms with Gasteiger partial charge < -0.3 is 10.1 Å². The second-order valence-electron chi connectivity index (χ2n) is 4.86. The number of benzene rings is 1. The van der Waals surface area contributed by atoms with Crippen LogP contribution in [0.25, 0.3) is 0 Å². The Morgan fingerprint density at radius 3 is 2.89 bits per heavy atom. The van der Waals surface area contributed by atoms with Gasteiger partial charge in [-0.05, 0) is 43.6 Å². The number of aliphatic imine (C=N–C) groups is 1. The van der Waals surface area contributed by atoms with Crippen LogP contribution in [0.4, 0.5) is 0 Å². The molecule has 0 radical (unpaired) electrons. The molecule has 0 aromatic heterocycles. The molecular formula is C14H17BrN2O. The molecule has 0 spiro atoms. The molecule has 0 aliphatic carbocycles. The molecule has 3 rings (SSSR count). The van der Waals surface area contributed by atoms with Crippen LogP contribution in [0.1, 0.15) is 24.5 Å². The van der Waals surface area contributed by atoms with Crippen molar-refractivity contribution in [3.05, 3.63) is 34.3 Å². The van der Waals surface area contributed by atoms with Crippen molar-refractivity contribution < 1.29 is 4.74 Å². The van der Waals surface area contributed by atoms with E-state index in [2.05, 4.69) is 38.4 Å². The van der Waals surface area contributed by atoms with Crippen LogP contribution in [0.15, 0.2) is 33.7 Å². The van der Waals surface area contributed by atoms with Crippen molar-refractivity contribution in [2.45, 2.75) is 18.9 Å². The molecule has 0 amide bonds. The lowest BCUT2D eigenvalue weighted by molar-refractivity contribution is 0.208. The molecule has 1 fully saturated rings. The summed E-state index contributed by atoms with van der Waals surface area (Å²) in [5.74, 6) is 1.49. The summed E-state index contributed by atoms with van der Waals surface area (Å²) in [6.07, 6.45) is 2.39. The summed E-state index contributed by atoms with van der Waals surface area (Å²) in [7, 11) is 0. The number of ether oxygens (including phenoxy) is 1. The Bertz CT molecular complexity index is 455. The molecular weight excluding hydrogens is 292 g/mol. The van der Waals surface area contributed by atoms with Gasteiger partial charge in [0.2, 0.25) is 0 Å². The molecule has 3 nitrogen and oxygen atoms in total. The average Bonchev–Trinajstić information content (AvgIpc) is 2.89. The first kappa shape index (κ1) is 12.2. The van der Waals surface area contributed by atoms with Crippen molar-refractivity contribution in [1.29, 1.82) is 0 Å². The standard InChI is InChI=1S/C14H17BrN2O/c15-12-3-1-2-11(8-12)13-9-17-14(18-13)10-4-6-16-7-5-10/h1-3,8,10,13,16H,4-7,9H2. The predicted molar refractivity (Wildman–Crippen MR) is 75.9 cm³/mol. The fraction of sp³-hybridized carbons (Fsp3) is 0.500. The Kier molecular flexibility index (Phi) is 3.66. The molecule has 2 aliphatic rings. The summed E-state index contributed by atoms with van der Waals surface area (Å²) in [5, 5.41) is 3.37. The lowest BCUT2D eigenvalue weighted by atomic mass is 9.98. The van der Waals surface area contributed by atoms with Crippen LogP contribution in [-0.2, 0) is 4.74 Å². The van der Waals surface area contributed by atoms with Gasteiger partial charge >= 0.3 is 0 Å². The quantitative estimate of drug-likeness (QED) is 0.911. The van der Waals surface area contributed by atoms with E-state index >= 15 is 0 Å². The van der Waals surface area contributed by atoms with Gasteiger partial charge in [-0.1, -0.05) is 28.1 Å². The maximum atomic E-state index is 6.04. The molecule has 18 heavy (non-hydrogen) atoms. The monoisotopic (exact) mass is 308 g/mol. The van der Waals surface area contributed by atoms with E-state index < -0.39 is 0 Å². The maximum Gasteiger partial charge on any atom is 0.187 e. The molecule has 2 aliphatic heterocycles. The number of halogens is 1. The fourth-order valence-corrected chi connectivity index (χ4v) is 2.98. The first-order valence-corrected chi connectivity index (χ1v) is 7.29. The van der Waals surface area contributed by atoms with E-state index in [1.807, 2.05) is 12.1 Å². The summed E-state index contributed by atoms with van der Waals surface area (Å²) in [6, 6.07) is 8.31. The van der Waals surface area contributed by atoms with E-state index in [-0.39, 0.29) is 6.10 Å².